The number of methoxy groups -OCH3 is 2. The fourth-order valence-electron chi connectivity index (χ4n) is 3.03. The summed E-state index contributed by atoms with van der Waals surface area (Å²) in [6.07, 6.45) is 3.19. The number of amides is 1. The Morgan fingerprint density at radius 3 is 2.34 bits per heavy atom. The third kappa shape index (κ3) is 7.29. The molecule has 0 aromatic heterocycles. The van der Waals surface area contributed by atoms with E-state index in [1.165, 1.54) is 20.3 Å². The maximum absolute atomic E-state index is 13.0. The number of hydrogen-bond donors (Lipinski definition) is 2. The zero-order valence-corrected chi connectivity index (χ0v) is 20.1. The highest BCUT2D eigenvalue weighted by atomic mass is 35.5. The number of carbonyl (C=O) groups is 2. The van der Waals surface area contributed by atoms with Crippen LogP contribution in [0, 0.1) is 0 Å². The molecular formula is C23H30Cl2N2O5. The molecular weight excluding hydrogens is 455 g/mol. The molecule has 0 fully saturated rings. The van der Waals surface area contributed by atoms with Crippen LogP contribution in [0.1, 0.15) is 42.1 Å². The van der Waals surface area contributed by atoms with Crippen molar-refractivity contribution < 1.29 is 23.8 Å². The molecule has 4 N–H and O–H groups in total. The molecule has 1 atom stereocenters. The lowest BCUT2D eigenvalue weighted by Gasteiger charge is -2.19. The van der Waals surface area contributed by atoms with Gasteiger partial charge in [-0.3, -0.25) is 4.79 Å². The summed E-state index contributed by atoms with van der Waals surface area (Å²) in [5.74, 6) is -0.743. The minimum absolute atomic E-state index is 0. The van der Waals surface area contributed by atoms with Gasteiger partial charge in [0.05, 0.1) is 31.4 Å². The lowest BCUT2D eigenvalue weighted by molar-refractivity contribution is -0.142. The topological polar surface area (TPSA) is 109 Å². The predicted octanol–water partition coefficient (Wildman–Crippen LogP) is 5.25. The SMILES string of the molecule is CCCCCOc1c(Cl)cc(C(=O)N[C@@H](Cc2ccccc2)C(=O)OC)c(OC)c1Cl.N. The minimum atomic E-state index is -0.896. The lowest BCUT2D eigenvalue weighted by atomic mass is 10.1. The first-order valence-electron chi connectivity index (χ1n) is 10.0. The zero-order valence-electron chi connectivity index (χ0n) is 18.6. The van der Waals surface area contributed by atoms with Gasteiger partial charge >= 0.3 is 5.97 Å². The lowest BCUT2D eigenvalue weighted by Crippen LogP contribution is -2.43. The average molecular weight is 485 g/mol. The van der Waals surface area contributed by atoms with Crippen molar-refractivity contribution in [2.45, 2.75) is 38.6 Å². The Bertz CT molecular complexity index is 894. The minimum Gasteiger partial charge on any atom is -0.494 e. The number of hydrogen-bond acceptors (Lipinski definition) is 6. The molecule has 0 saturated carbocycles. The van der Waals surface area contributed by atoms with E-state index in [0.717, 1.165) is 24.8 Å². The molecule has 0 aliphatic rings. The summed E-state index contributed by atoms with van der Waals surface area (Å²) >= 11 is 12.8. The van der Waals surface area contributed by atoms with E-state index >= 15 is 0 Å². The van der Waals surface area contributed by atoms with Gasteiger partial charge in [0.2, 0.25) is 0 Å². The molecule has 0 aliphatic carbocycles. The van der Waals surface area contributed by atoms with Crippen molar-refractivity contribution in [2.75, 3.05) is 20.8 Å². The summed E-state index contributed by atoms with van der Waals surface area (Å²) in [5.41, 5.74) is 0.970. The number of ether oxygens (including phenoxy) is 3. The van der Waals surface area contributed by atoms with Crippen molar-refractivity contribution in [3.05, 3.63) is 57.6 Å². The number of esters is 1. The van der Waals surface area contributed by atoms with Crippen molar-refractivity contribution in [1.29, 1.82) is 0 Å². The van der Waals surface area contributed by atoms with E-state index in [-0.39, 0.29) is 39.7 Å². The standard InChI is InChI=1S/C23H27Cl2NO5.H3N/c1-4-5-9-12-31-21-17(24)14-16(20(29-2)19(21)25)22(27)26-18(23(28)30-3)13-15-10-7-6-8-11-15;/h6-8,10-11,14,18H,4-5,9,12-13H2,1-3H3,(H,26,27);1H3/t18-;/m0./s1. The van der Waals surface area contributed by atoms with Crippen LogP contribution in [-0.2, 0) is 16.0 Å². The number of unbranched alkanes of at least 4 members (excludes halogenated alkanes) is 2. The molecule has 9 heteroatoms. The molecule has 2 aromatic rings. The van der Waals surface area contributed by atoms with Gasteiger partial charge in [-0.1, -0.05) is 73.3 Å². The van der Waals surface area contributed by atoms with Crippen LogP contribution in [0.4, 0.5) is 0 Å². The molecule has 2 rings (SSSR count). The van der Waals surface area contributed by atoms with Crippen LogP contribution >= 0.6 is 23.2 Å². The fraction of sp³-hybridized carbons (Fsp3) is 0.391. The average Bonchev–Trinajstić information content (AvgIpc) is 2.77. The van der Waals surface area contributed by atoms with Gasteiger partial charge in [0.25, 0.3) is 5.91 Å². The van der Waals surface area contributed by atoms with E-state index < -0.39 is 17.9 Å². The van der Waals surface area contributed by atoms with E-state index in [9.17, 15) is 9.59 Å². The summed E-state index contributed by atoms with van der Waals surface area (Å²) in [6.45, 7) is 2.54. The first kappa shape index (κ1) is 27.6. The number of nitrogens with one attached hydrogen (secondary N) is 1. The summed E-state index contributed by atoms with van der Waals surface area (Å²) in [7, 11) is 2.67. The Morgan fingerprint density at radius 2 is 1.75 bits per heavy atom. The Morgan fingerprint density at radius 1 is 1.06 bits per heavy atom. The van der Waals surface area contributed by atoms with Crippen LogP contribution < -0.4 is 20.9 Å². The van der Waals surface area contributed by atoms with Gasteiger partial charge in [-0.25, -0.2) is 4.79 Å². The first-order valence-corrected chi connectivity index (χ1v) is 10.8. The van der Waals surface area contributed by atoms with Gasteiger partial charge in [0.1, 0.15) is 11.1 Å². The predicted molar refractivity (Wildman–Crippen MR) is 126 cm³/mol. The Labute approximate surface area is 198 Å². The van der Waals surface area contributed by atoms with Crippen molar-refractivity contribution in [3.63, 3.8) is 0 Å². The Balaban J connectivity index is 0.00000512. The summed E-state index contributed by atoms with van der Waals surface area (Å²) in [6, 6.07) is 9.83. The van der Waals surface area contributed by atoms with Crippen LogP contribution in [0.25, 0.3) is 0 Å². The number of rotatable bonds is 11. The highest BCUT2D eigenvalue weighted by Crippen LogP contribution is 2.42. The maximum Gasteiger partial charge on any atom is 0.328 e. The smallest absolute Gasteiger partial charge is 0.328 e. The van der Waals surface area contributed by atoms with Crippen LogP contribution in [0.3, 0.4) is 0 Å². The highest BCUT2D eigenvalue weighted by Gasteiger charge is 2.27. The van der Waals surface area contributed by atoms with E-state index in [2.05, 4.69) is 12.2 Å². The van der Waals surface area contributed by atoms with Gasteiger partial charge in [-0.05, 0) is 18.1 Å². The molecule has 0 heterocycles. The second kappa shape index (κ2) is 13.8. The van der Waals surface area contributed by atoms with Gasteiger partial charge in [-0.2, -0.15) is 0 Å². The fourth-order valence-corrected chi connectivity index (χ4v) is 3.67. The number of halogens is 2. The quantitative estimate of drug-likeness (QED) is 0.333. The van der Waals surface area contributed by atoms with Crippen molar-refractivity contribution in [1.82, 2.24) is 11.5 Å². The second-order valence-corrected chi connectivity index (χ2v) is 7.66. The molecule has 0 saturated heterocycles. The molecule has 1 amide bonds. The molecule has 176 valence electrons. The molecule has 32 heavy (non-hydrogen) atoms. The first-order chi connectivity index (χ1) is 14.9. The van der Waals surface area contributed by atoms with Crippen molar-refractivity contribution in [2.24, 2.45) is 0 Å². The normalized spacial score (nSPS) is 11.2. The highest BCUT2D eigenvalue weighted by molar-refractivity contribution is 6.39. The van der Waals surface area contributed by atoms with E-state index in [4.69, 9.17) is 37.4 Å². The molecule has 0 bridgehead atoms. The van der Waals surface area contributed by atoms with Gasteiger partial charge in [-0.15, -0.1) is 0 Å². The monoisotopic (exact) mass is 484 g/mol. The van der Waals surface area contributed by atoms with Gasteiger partial charge < -0.3 is 25.7 Å². The van der Waals surface area contributed by atoms with E-state index in [1.54, 1.807) is 0 Å². The molecule has 0 unspecified atom stereocenters. The second-order valence-electron chi connectivity index (χ2n) is 6.88. The van der Waals surface area contributed by atoms with Crippen molar-refractivity contribution >= 4 is 35.1 Å². The van der Waals surface area contributed by atoms with Gasteiger partial charge in [0.15, 0.2) is 11.5 Å². The Hall–Kier alpha value is -2.48. The summed E-state index contributed by atoms with van der Waals surface area (Å²) < 4.78 is 15.9. The molecule has 0 radical (unpaired) electrons. The third-order valence-corrected chi connectivity index (χ3v) is 5.27. The van der Waals surface area contributed by atoms with E-state index in [1.807, 2.05) is 30.3 Å². The Kier molecular flexibility index (Phi) is 11.9. The van der Waals surface area contributed by atoms with Crippen molar-refractivity contribution in [3.8, 4) is 11.5 Å². The largest absolute Gasteiger partial charge is 0.494 e. The molecule has 0 spiro atoms. The van der Waals surface area contributed by atoms with E-state index in [0.29, 0.717) is 6.61 Å². The van der Waals surface area contributed by atoms with Crippen LogP contribution in [0.15, 0.2) is 36.4 Å². The van der Waals surface area contributed by atoms with Crippen LogP contribution in [0.2, 0.25) is 10.0 Å². The zero-order chi connectivity index (χ0) is 22.8. The molecule has 2 aromatic carbocycles. The number of benzene rings is 2. The third-order valence-electron chi connectivity index (χ3n) is 4.65. The maximum atomic E-state index is 13.0. The van der Waals surface area contributed by atoms with Gasteiger partial charge in [0, 0.05) is 6.42 Å². The summed E-state index contributed by atoms with van der Waals surface area (Å²) in [4.78, 5) is 25.3. The molecule has 7 nitrogen and oxygen atoms in total. The molecule has 0 aliphatic heterocycles. The van der Waals surface area contributed by atoms with Crippen LogP contribution in [0.5, 0.6) is 11.5 Å². The number of carbonyl (C=O) groups excluding carboxylic acids is 2. The van der Waals surface area contributed by atoms with Crippen LogP contribution in [-0.4, -0.2) is 38.7 Å². The summed E-state index contributed by atoms with van der Waals surface area (Å²) in [5, 5.41) is 2.98.